The van der Waals surface area contributed by atoms with Crippen LogP contribution >= 0.6 is 11.8 Å². The minimum atomic E-state index is -1.10. The predicted molar refractivity (Wildman–Crippen MR) is 128 cm³/mol. The zero-order valence-electron chi connectivity index (χ0n) is 18.8. The van der Waals surface area contributed by atoms with Crippen molar-refractivity contribution in [1.29, 1.82) is 0 Å². The van der Waals surface area contributed by atoms with Crippen molar-refractivity contribution in [3.8, 4) is 11.5 Å². The van der Waals surface area contributed by atoms with E-state index in [0.717, 1.165) is 29.0 Å². The second-order valence-electron chi connectivity index (χ2n) is 8.23. The van der Waals surface area contributed by atoms with Gasteiger partial charge in [0.25, 0.3) is 0 Å². The molecule has 170 valence electrons. The molecule has 2 aliphatic rings. The number of hydrogen-bond donors (Lipinski definition) is 3. The van der Waals surface area contributed by atoms with E-state index >= 15 is 0 Å². The van der Waals surface area contributed by atoms with Gasteiger partial charge in [0.05, 0.1) is 25.8 Å². The van der Waals surface area contributed by atoms with Crippen LogP contribution in [0.2, 0.25) is 0 Å². The Kier molecular flexibility index (Phi) is 6.35. The van der Waals surface area contributed by atoms with E-state index in [-0.39, 0.29) is 17.9 Å². The molecule has 2 heterocycles. The molecule has 2 aliphatic heterocycles. The summed E-state index contributed by atoms with van der Waals surface area (Å²) in [5.74, 6) is 1.12. The van der Waals surface area contributed by atoms with Crippen molar-refractivity contribution in [2.45, 2.75) is 31.3 Å². The van der Waals surface area contributed by atoms with Gasteiger partial charge in [-0.2, -0.15) is 11.8 Å². The number of rotatable bonds is 7. The molecular formula is C24H29N3O4S. The Morgan fingerprint density at radius 2 is 2.06 bits per heavy atom. The summed E-state index contributed by atoms with van der Waals surface area (Å²) in [7, 11) is 3.12. The molecule has 0 aromatic heterocycles. The van der Waals surface area contributed by atoms with E-state index in [1.54, 1.807) is 44.2 Å². The molecule has 1 fully saturated rings. The van der Waals surface area contributed by atoms with Gasteiger partial charge in [0.15, 0.2) is 0 Å². The number of benzene rings is 2. The summed E-state index contributed by atoms with van der Waals surface area (Å²) in [6, 6.07) is 11.2. The fraction of sp³-hybridized carbons (Fsp3) is 0.417. The molecule has 32 heavy (non-hydrogen) atoms. The van der Waals surface area contributed by atoms with Gasteiger partial charge in [-0.25, -0.2) is 0 Å². The average molecular weight is 456 g/mol. The first-order valence-electron chi connectivity index (χ1n) is 10.7. The normalized spacial score (nSPS) is 23.7. The van der Waals surface area contributed by atoms with E-state index in [4.69, 9.17) is 9.47 Å². The van der Waals surface area contributed by atoms with E-state index in [9.17, 15) is 9.59 Å². The minimum Gasteiger partial charge on any atom is -0.497 e. The summed E-state index contributed by atoms with van der Waals surface area (Å²) < 4.78 is 10.7. The van der Waals surface area contributed by atoms with Gasteiger partial charge >= 0.3 is 0 Å². The number of thioether (sulfide) groups is 1. The van der Waals surface area contributed by atoms with Gasteiger partial charge in [-0.15, -0.1) is 0 Å². The van der Waals surface area contributed by atoms with Crippen LogP contribution in [-0.4, -0.2) is 44.1 Å². The molecule has 2 aromatic carbocycles. The van der Waals surface area contributed by atoms with Crippen LogP contribution in [0.3, 0.4) is 0 Å². The van der Waals surface area contributed by atoms with Crippen molar-refractivity contribution in [3.63, 3.8) is 0 Å². The quantitative estimate of drug-likeness (QED) is 0.592. The first-order valence-corrected chi connectivity index (χ1v) is 12.0. The van der Waals surface area contributed by atoms with Gasteiger partial charge in [0, 0.05) is 23.4 Å². The Labute approximate surface area is 192 Å². The first kappa shape index (κ1) is 22.5. The van der Waals surface area contributed by atoms with Crippen molar-refractivity contribution in [2.75, 3.05) is 36.9 Å². The van der Waals surface area contributed by atoms with Crippen LogP contribution in [-0.2, 0) is 15.1 Å². The molecule has 0 saturated carbocycles. The Hall–Kier alpha value is -2.71. The van der Waals surface area contributed by atoms with Crippen molar-refractivity contribution < 1.29 is 19.1 Å². The summed E-state index contributed by atoms with van der Waals surface area (Å²) >= 11 is 1.76. The summed E-state index contributed by atoms with van der Waals surface area (Å²) in [5, 5.41) is 9.60. The van der Waals surface area contributed by atoms with Crippen LogP contribution in [0.1, 0.15) is 24.0 Å². The molecule has 8 heteroatoms. The Balaban J connectivity index is 1.72. The molecule has 4 rings (SSSR count). The third-order valence-electron chi connectivity index (χ3n) is 6.42. The number of amides is 2. The third-order valence-corrected chi connectivity index (χ3v) is 7.06. The third kappa shape index (κ3) is 3.71. The highest BCUT2D eigenvalue weighted by atomic mass is 32.2. The van der Waals surface area contributed by atoms with Gasteiger partial charge in [-0.1, -0.05) is 18.2 Å². The van der Waals surface area contributed by atoms with Crippen molar-refractivity contribution in [3.05, 3.63) is 47.5 Å². The number of methoxy groups -OCH3 is 2. The topological polar surface area (TPSA) is 88.7 Å². The maximum absolute atomic E-state index is 13.7. The number of carbonyl (C=O) groups is 2. The highest BCUT2D eigenvalue weighted by Gasteiger charge is 2.60. The van der Waals surface area contributed by atoms with Gasteiger partial charge in [-0.05, 0) is 49.5 Å². The smallest absolute Gasteiger partial charge is 0.250 e. The molecule has 0 radical (unpaired) electrons. The number of hydrogen-bond acceptors (Lipinski definition) is 6. The van der Waals surface area contributed by atoms with Crippen LogP contribution in [0.15, 0.2) is 36.4 Å². The zero-order chi connectivity index (χ0) is 22.9. The minimum absolute atomic E-state index is 0.0580. The fourth-order valence-electron chi connectivity index (χ4n) is 4.81. The lowest BCUT2D eigenvalue weighted by Gasteiger charge is -2.29. The number of ether oxygens (including phenoxy) is 2. The van der Waals surface area contributed by atoms with Crippen LogP contribution in [0.4, 0.5) is 11.4 Å². The fourth-order valence-corrected chi connectivity index (χ4v) is 5.33. The van der Waals surface area contributed by atoms with Crippen LogP contribution in [0.25, 0.3) is 0 Å². The highest BCUT2D eigenvalue weighted by molar-refractivity contribution is 7.98. The second-order valence-corrected chi connectivity index (χ2v) is 9.21. The lowest BCUT2D eigenvalue weighted by atomic mass is 9.79. The molecular weight excluding hydrogens is 426 g/mol. The van der Waals surface area contributed by atoms with Crippen LogP contribution in [0, 0.1) is 12.8 Å². The Bertz CT molecular complexity index is 1040. The summed E-state index contributed by atoms with van der Waals surface area (Å²) in [6.07, 6.45) is 3.51. The second kappa shape index (κ2) is 9.03. The number of fused-ring (bicyclic) bond motifs is 2. The highest BCUT2D eigenvalue weighted by Crippen LogP contribution is 2.49. The average Bonchev–Trinajstić information content (AvgIpc) is 3.32. The van der Waals surface area contributed by atoms with E-state index < -0.39 is 11.5 Å². The summed E-state index contributed by atoms with van der Waals surface area (Å²) in [5.41, 5.74) is 2.04. The molecule has 3 atom stereocenters. The van der Waals surface area contributed by atoms with Crippen LogP contribution in [0.5, 0.6) is 11.5 Å². The summed E-state index contributed by atoms with van der Waals surface area (Å²) in [4.78, 5) is 27.1. The molecule has 1 spiro atoms. The molecule has 0 unspecified atom stereocenters. The number of aryl methyl sites for hydroxylation is 1. The van der Waals surface area contributed by atoms with E-state index in [1.807, 2.05) is 25.1 Å². The first-order chi connectivity index (χ1) is 15.4. The van der Waals surface area contributed by atoms with Crippen molar-refractivity contribution in [2.24, 2.45) is 5.92 Å². The monoisotopic (exact) mass is 455 g/mol. The maximum atomic E-state index is 13.7. The summed E-state index contributed by atoms with van der Waals surface area (Å²) in [6.45, 7) is 1.97. The molecule has 2 aromatic rings. The number of carbonyl (C=O) groups excluding carboxylic acids is 2. The molecule has 7 nitrogen and oxygen atoms in total. The van der Waals surface area contributed by atoms with E-state index in [0.29, 0.717) is 23.6 Å². The van der Waals surface area contributed by atoms with Gasteiger partial charge in [0.1, 0.15) is 17.0 Å². The Morgan fingerprint density at radius 3 is 2.78 bits per heavy atom. The van der Waals surface area contributed by atoms with Crippen molar-refractivity contribution in [1.82, 2.24) is 5.32 Å². The molecule has 0 bridgehead atoms. The zero-order valence-corrected chi connectivity index (χ0v) is 19.6. The lowest BCUT2D eigenvalue weighted by Crippen LogP contribution is -2.52. The lowest BCUT2D eigenvalue weighted by molar-refractivity contribution is -0.130. The SMILES string of the molecule is COc1ccc(OC)c(NC(=O)[C@H]2C[C@H](CCSC)N[C@]23C(=O)Nc2c(C)cccc23)c1. The largest absolute Gasteiger partial charge is 0.497 e. The number of anilines is 2. The molecule has 2 amide bonds. The maximum Gasteiger partial charge on any atom is 0.250 e. The Morgan fingerprint density at radius 1 is 1.25 bits per heavy atom. The van der Waals surface area contributed by atoms with Gasteiger partial charge in [0.2, 0.25) is 11.8 Å². The van der Waals surface area contributed by atoms with Gasteiger partial charge < -0.3 is 20.1 Å². The van der Waals surface area contributed by atoms with E-state index in [2.05, 4.69) is 22.2 Å². The molecule has 0 aliphatic carbocycles. The molecule has 3 N–H and O–H groups in total. The van der Waals surface area contributed by atoms with E-state index in [1.165, 1.54) is 0 Å². The predicted octanol–water partition coefficient (Wildman–Crippen LogP) is 3.53. The molecule has 1 saturated heterocycles. The standard InChI is InChI=1S/C24H29N3O4S/c1-14-6-5-7-17-21(14)26-23(29)24(17)18(12-15(27-24)10-11-32-4)22(28)25-19-13-16(30-2)8-9-20(19)31-3/h5-9,13,15,18,27H,10-12H2,1-4H3,(H,25,28)(H,26,29)/t15-,18+,24-/m0/s1. The van der Waals surface area contributed by atoms with Gasteiger partial charge in [-0.3, -0.25) is 14.9 Å². The number of nitrogens with one attached hydrogen (secondary N) is 3. The van der Waals surface area contributed by atoms with Crippen molar-refractivity contribution >= 4 is 35.0 Å². The van der Waals surface area contributed by atoms with Crippen LogP contribution < -0.4 is 25.4 Å². The number of para-hydroxylation sites is 1.